The Hall–Kier alpha value is -2.27. The van der Waals surface area contributed by atoms with Gasteiger partial charge in [0.2, 0.25) is 5.91 Å². The Bertz CT molecular complexity index is 791. The van der Waals surface area contributed by atoms with E-state index >= 15 is 0 Å². The molecule has 0 radical (unpaired) electrons. The lowest BCUT2D eigenvalue weighted by Crippen LogP contribution is -2.24. The summed E-state index contributed by atoms with van der Waals surface area (Å²) in [4.78, 5) is 19.7. The van der Waals surface area contributed by atoms with Crippen molar-refractivity contribution in [1.82, 2.24) is 15.3 Å². The van der Waals surface area contributed by atoms with Gasteiger partial charge in [0.25, 0.3) is 0 Å². The fourth-order valence-electron chi connectivity index (χ4n) is 2.40. The standard InChI is InChI=1S/C19H21N3OS/c1-13(2)15-9-7-14(8-10-15)11-20-18(23)12-24-19-21-16-5-3-4-6-17(16)22-19/h3-10,13H,11-12H2,1-2H3,(H,20,23)(H,21,22). The van der Waals surface area contributed by atoms with Gasteiger partial charge in [0.15, 0.2) is 5.16 Å². The molecule has 0 saturated carbocycles. The van der Waals surface area contributed by atoms with Crippen LogP contribution in [0.1, 0.15) is 30.9 Å². The molecular weight excluding hydrogens is 318 g/mol. The van der Waals surface area contributed by atoms with Gasteiger partial charge in [-0.3, -0.25) is 4.79 Å². The topological polar surface area (TPSA) is 57.8 Å². The number of benzene rings is 2. The van der Waals surface area contributed by atoms with Crippen LogP contribution in [-0.2, 0) is 11.3 Å². The van der Waals surface area contributed by atoms with E-state index in [1.54, 1.807) is 0 Å². The van der Waals surface area contributed by atoms with E-state index in [-0.39, 0.29) is 5.91 Å². The summed E-state index contributed by atoms with van der Waals surface area (Å²) in [5, 5.41) is 3.72. The fourth-order valence-corrected chi connectivity index (χ4v) is 3.12. The maximum Gasteiger partial charge on any atom is 0.230 e. The highest BCUT2D eigenvalue weighted by atomic mass is 32.2. The number of imidazole rings is 1. The van der Waals surface area contributed by atoms with E-state index in [4.69, 9.17) is 0 Å². The number of amides is 1. The lowest BCUT2D eigenvalue weighted by Gasteiger charge is -2.08. The number of carbonyl (C=O) groups excluding carboxylic acids is 1. The highest BCUT2D eigenvalue weighted by Crippen LogP contribution is 2.19. The molecule has 0 aliphatic rings. The van der Waals surface area contributed by atoms with E-state index in [9.17, 15) is 4.79 Å². The molecule has 1 heterocycles. The van der Waals surface area contributed by atoms with Crippen molar-refractivity contribution in [3.8, 4) is 0 Å². The van der Waals surface area contributed by atoms with Crippen molar-refractivity contribution >= 4 is 28.7 Å². The minimum Gasteiger partial charge on any atom is -0.351 e. The van der Waals surface area contributed by atoms with Gasteiger partial charge < -0.3 is 10.3 Å². The first-order valence-electron chi connectivity index (χ1n) is 8.05. The van der Waals surface area contributed by atoms with Crippen LogP contribution in [0.5, 0.6) is 0 Å². The largest absolute Gasteiger partial charge is 0.351 e. The summed E-state index contributed by atoms with van der Waals surface area (Å²) in [5.74, 6) is 0.881. The zero-order valence-electron chi connectivity index (χ0n) is 13.9. The van der Waals surface area contributed by atoms with Gasteiger partial charge in [-0.05, 0) is 29.2 Å². The molecule has 0 unspecified atom stereocenters. The average molecular weight is 339 g/mol. The molecule has 124 valence electrons. The zero-order valence-corrected chi connectivity index (χ0v) is 14.7. The van der Waals surface area contributed by atoms with Crippen LogP contribution in [0, 0.1) is 0 Å². The molecule has 1 aromatic heterocycles. The molecule has 4 nitrogen and oxygen atoms in total. The number of para-hydroxylation sites is 2. The number of hydrogen-bond acceptors (Lipinski definition) is 3. The third-order valence-corrected chi connectivity index (χ3v) is 4.72. The molecule has 2 N–H and O–H groups in total. The van der Waals surface area contributed by atoms with E-state index < -0.39 is 0 Å². The highest BCUT2D eigenvalue weighted by Gasteiger charge is 2.07. The smallest absolute Gasteiger partial charge is 0.230 e. The number of aromatic amines is 1. The van der Waals surface area contributed by atoms with Crippen molar-refractivity contribution in [2.45, 2.75) is 31.5 Å². The summed E-state index contributed by atoms with van der Waals surface area (Å²) >= 11 is 1.42. The van der Waals surface area contributed by atoms with Crippen LogP contribution < -0.4 is 5.32 Å². The van der Waals surface area contributed by atoms with Gasteiger partial charge >= 0.3 is 0 Å². The maximum atomic E-state index is 12.0. The highest BCUT2D eigenvalue weighted by molar-refractivity contribution is 7.99. The van der Waals surface area contributed by atoms with Crippen LogP contribution in [0.25, 0.3) is 11.0 Å². The molecule has 0 saturated heterocycles. The van der Waals surface area contributed by atoms with E-state index in [1.807, 2.05) is 24.3 Å². The van der Waals surface area contributed by atoms with E-state index in [1.165, 1.54) is 17.3 Å². The van der Waals surface area contributed by atoms with Gasteiger partial charge in [0, 0.05) is 6.54 Å². The van der Waals surface area contributed by atoms with Crippen molar-refractivity contribution < 1.29 is 4.79 Å². The summed E-state index contributed by atoms with van der Waals surface area (Å²) in [6.45, 7) is 4.90. The molecule has 0 aliphatic carbocycles. The first kappa shape index (κ1) is 16.6. The van der Waals surface area contributed by atoms with Crippen molar-refractivity contribution in [2.75, 3.05) is 5.75 Å². The normalized spacial score (nSPS) is 11.1. The van der Waals surface area contributed by atoms with Crippen molar-refractivity contribution in [3.63, 3.8) is 0 Å². The molecule has 0 aliphatic heterocycles. The quantitative estimate of drug-likeness (QED) is 0.665. The molecule has 0 atom stereocenters. The Kier molecular flexibility index (Phi) is 5.20. The van der Waals surface area contributed by atoms with Gasteiger partial charge in [-0.25, -0.2) is 4.98 Å². The predicted octanol–water partition coefficient (Wildman–Crippen LogP) is 4.09. The molecule has 24 heavy (non-hydrogen) atoms. The Morgan fingerprint density at radius 1 is 1.17 bits per heavy atom. The van der Waals surface area contributed by atoms with Crippen molar-refractivity contribution in [3.05, 3.63) is 59.7 Å². The lowest BCUT2D eigenvalue weighted by atomic mass is 10.0. The SMILES string of the molecule is CC(C)c1ccc(CNC(=O)CSc2nc3ccccc3[nH]2)cc1. The number of hydrogen-bond donors (Lipinski definition) is 2. The number of rotatable bonds is 6. The first-order chi connectivity index (χ1) is 11.6. The third kappa shape index (κ3) is 4.17. The molecular formula is C19H21N3OS. The minimum absolute atomic E-state index is 0.00777. The molecule has 0 spiro atoms. The van der Waals surface area contributed by atoms with E-state index in [0.717, 1.165) is 21.8 Å². The Morgan fingerprint density at radius 3 is 2.62 bits per heavy atom. The second kappa shape index (κ2) is 7.53. The van der Waals surface area contributed by atoms with Crippen molar-refractivity contribution in [1.29, 1.82) is 0 Å². The Labute approximate surface area is 146 Å². The minimum atomic E-state index is 0.00777. The van der Waals surface area contributed by atoms with Crippen LogP contribution in [0.4, 0.5) is 0 Å². The predicted molar refractivity (Wildman–Crippen MR) is 99.2 cm³/mol. The number of aromatic nitrogens is 2. The average Bonchev–Trinajstić information content (AvgIpc) is 3.01. The monoisotopic (exact) mass is 339 g/mol. The van der Waals surface area contributed by atoms with Crippen LogP contribution in [0.15, 0.2) is 53.7 Å². The van der Waals surface area contributed by atoms with Gasteiger partial charge in [-0.2, -0.15) is 0 Å². The fraction of sp³-hybridized carbons (Fsp3) is 0.263. The Balaban J connectivity index is 1.48. The second-order valence-electron chi connectivity index (χ2n) is 6.02. The van der Waals surface area contributed by atoms with Gasteiger partial charge in [0.1, 0.15) is 0 Å². The molecule has 3 rings (SSSR count). The van der Waals surface area contributed by atoms with Crippen molar-refractivity contribution in [2.24, 2.45) is 0 Å². The third-order valence-electron chi connectivity index (χ3n) is 3.84. The second-order valence-corrected chi connectivity index (χ2v) is 6.98. The molecule has 3 aromatic rings. The van der Waals surface area contributed by atoms with Gasteiger partial charge in [-0.15, -0.1) is 0 Å². The molecule has 0 bridgehead atoms. The van der Waals surface area contributed by atoms with Crippen LogP contribution in [0.2, 0.25) is 0 Å². The zero-order chi connectivity index (χ0) is 16.9. The number of nitrogens with zero attached hydrogens (tertiary/aromatic N) is 1. The summed E-state index contributed by atoms with van der Waals surface area (Å²) < 4.78 is 0. The van der Waals surface area contributed by atoms with E-state index in [0.29, 0.717) is 18.2 Å². The molecule has 1 amide bonds. The molecule has 5 heteroatoms. The molecule has 0 fully saturated rings. The first-order valence-corrected chi connectivity index (χ1v) is 9.03. The lowest BCUT2D eigenvalue weighted by molar-refractivity contribution is -0.118. The summed E-state index contributed by atoms with van der Waals surface area (Å²) in [7, 11) is 0. The summed E-state index contributed by atoms with van der Waals surface area (Å²) in [6, 6.07) is 16.2. The van der Waals surface area contributed by atoms with E-state index in [2.05, 4.69) is 53.4 Å². The maximum absolute atomic E-state index is 12.0. The number of thioether (sulfide) groups is 1. The summed E-state index contributed by atoms with van der Waals surface area (Å²) in [6.07, 6.45) is 0. The van der Waals surface area contributed by atoms with Crippen LogP contribution in [-0.4, -0.2) is 21.6 Å². The van der Waals surface area contributed by atoms with Gasteiger partial charge in [-0.1, -0.05) is 62.0 Å². The van der Waals surface area contributed by atoms with Gasteiger partial charge in [0.05, 0.1) is 16.8 Å². The summed E-state index contributed by atoms with van der Waals surface area (Å²) in [5.41, 5.74) is 4.34. The number of nitrogens with one attached hydrogen (secondary N) is 2. The molecule has 2 aromatic carbocycles. The Morgan fingerprint density at radius 2 is 1.92 bits per heavy atom. The van der Waals surface area contributed by atoms with Crippen LogP contribution >= 0.6 is 11.8 Å². The number of carbonyl (C=O) groups is 1. The van der Waals surface area contributed by atoms with Crippen LogP contribution in [0.3, 0.4) is 0 Å². The number of H-pyrrole nitrogens is 1. The number of fused-ring (bicyclic) bond motifs is 1.